The van der Waals surface area contributed by atoms with E-state index in [4.69, 9.17) is 11.5 Å². The van der Waals surface area contributed by atoms with Crippen molar-refractivity contribution in [1.82, 2.24) is 9.80 Å². The lowest BCUT2D eigenvalue weighted by Gasteiger charge is -2.35. The summed E-state index contributed by atoms with van der Waals surface area (Å²) in [6, 6.07) is 10.3. The normalized spacial score (nSPS) is 14.0. The van der Waals surface area contributed by atoms with Crippen LogP contribution in [0.4, 0.5) is 11.4 Å². The number of anilines is 2. The van der Waals surface area contributed by atoms with Gasteiger partial charge in [0.25, 0.3) is 0 Å². The average Bonchev–Trinajstić information content (AvgIpc) is 2.56. The van der Waals surface area contributed by atoms with Gasteiger partial charge in [0, 0.05) is 61.8 Å². The molecule has 0 atom stereocenters. The van der Waals surface area contributed by atoms with Gasteiger partial charge >= 0.3 is 0 Å². The van der Waals surface area contributed by atoms with Gasteiger partial charge in [-0.15, -0.1) is 49.6 Å². The quantitative estimate of drug-likeness (QED) is 0.401. The number of hydrogen-bond donors (Lipinski definition) is 4. The Balaban J connectivity index is 0. The van der Waals surface area contributed by atoms with E-state index in [1.54, 1.807) is 24.3 Å². The van der Waals surface area contributed by atoms with Crippen molar-refractivity contribution in [2.24, 2.45) is 0 Å². The van der Waals surface area contributed by atoms with Crippen LogP contribution in [0.15, 0.2) is 36.4 Å². The number of nitrogen functional groups attached to an aromatic ring is 2. The van der Waals surface area contributed by atoms with Gasteiger partial charge in [0.05, 0.1) is 0 Å². The molecule has 6 N–H and O–H groups in total. The molecular formula is C18H28Cl4N4O2. The Kier molecular flexibility index (Phi) is 13.5. The topological polar surface area (TPSA) is 99.0 Å². The molecule has 1 fully saturated rings. The zero-order valence-corrected chi connectivity index (χ0v) is 18.5. The third-order valence-electron chi connectivity index (χ3n) is 4.46. The minimum absolute atomic E-state index is 0. The smallest absolute Gasteiger partial charge is 0.120 e. The first-order chi connectivity index (χ1) is 11.5. The summed E-state index contributed by atoms with van der Waals surface area (Å²) in [6.07, 6.45) is 0. The predicted octanol–water partition coefficient (Wildman–Crippen LogP) is 3.27. The highest BCUT2D eigenvalue weighted by Crippen LogP contribution is 2.24. The average molecular weight is 474 g/mol. The Morgan fingerprint density at radius 3 is 1.29 bits per heavy atom. The summed E-state index contributed by atoms with van der Waals surface area (Å²) in [6.45, 7) is 4.98. The molecule has 1 heterocycles. The maximum Gasteiger partial charge on any atom is 0.120 e. The summed E-state index contributed by atoms with van der Waals surface area (Å²) in [7, 11) is 0. The van der Waals surface area contributed by atoms with Crippen molar-refractivity contribution in [1.29, 1.82) is 0 Å². The Labute approximate surface area is 190 Å². The number of nitrogens with zero attached hydrogens (tertiary/aromatic N) is 2. The molecule has 10 heteroatoms. The second kappa shape index (κ2) is 13.0. The van der Waals surface area contributed by atoms with E-state index in [0.29, 0.717) is 24.5 Å². The molecule has 0 bridgehead atoms. The van der Waals surface area contributed by atoms with Crippen molar-refractivity contribution >= 4 is 61.0 Å². The lowest BCUT2D eigenvalue weighted by molar-refractivity contribution is 0.120. The number of piperazine rings is 1. The fourth-order valence-corrected chi connectivity index (χ4v) is 3.05. The van der Waals surface area contributed by atoms with Crippen molar-refractivity contribution in [3.63, 3.8) is 0 Å². The standard InChI is InChI=1S/C18H24N4O2.4ClH/c19-15-1-3-17(23)13(9-15)11-21-5-7-22(8-6-21)12-14-10-16(20)2-4-18(14)24;;;;/h1-4,9-10,23-24H,5-8,11-12,19-20H2;4*1H. The number of nitrogens with two attached hydrogens (primary N) is 2. The Hall–Kier alpha value is -1.28. The summed E-state index contributed by atoms with van der Waals surface area (Å²) >= 11 is 0. The highest BCUT2D eigenvalue weighted by Gasteiger charge is 2.19. The molecule has 1 aliphatic rings. The van der Waals surface area contributed by atoms with E-state index < -0.39 is 0 Å². The lowest BCUT2D eigenvalue weighted by atomic mass is 10.1. The van der Waals surface area contributed by atoms with Gasteiger partial charge in [-0.3, -0.25) is 9.80 Å². The van der Waals surface area contributed by atoms with Crippen molar-refractivity contribution in [3.05, 3.63) is 47.5 Å². The molecule has 28 heavy (non-hydrogen) atoms. The van der Waals surface area contributed by atoms with E-state index in [2.05, 4.69) is 9.80 Å². The molecule has 3 rings (SSSR count). The first kappa shape index (κ1) is 28.9. The maximum atomic E-state index is 9.94. The van der Waals surface area contributed by atoms with Crippen LogP contribution in [0.3, 0.4) is 0 Å². The second-order valence-corrected chi connectivity index (χ2v) is 6.33. The van der Waals surface area contributed by atoms with Crippen LogP contribution in [0.1, 0.15) is 11.1 Å². The molecule has 0 unspecified atom stereocenters. The van der Waals surface area contributed by atoms with E-state index in [9.17, 15) is 10.2 Å². The third kappa shape index (κ3) is 7.62. The molecule has 0 saturated carbocycles. The number of phenols is 2. The minimum Gasteiger partial charge on any atom is -0.508 e. The van der Waals surface area contributed by atoms with Crippen LogP contribution in [0.5, 0.6) is 11.5 Å². The largest absolute Gasteiger partial charge is 0.508 e. The number of rotatable bonds is 4. The molecular weight excluding hydrogens is 446 g/mol. The SMILES string of the molecule is Cl.Cl.Cl.Cl.Nc1ccc(O)c(CN2CCN(Cc3cc(N)ccc3O)CC2)c1. The summed E-state index contributed by atoms with van der Waals surface area (Å²) < 4.78 is 0. The fourth-order valence-electron chi connectivity index (χ4n) is 3.05. The van der Waals surface area contributed by atoms with Crippen LogP contribution in [-0.2, 0) is 13.1 Å². The zero-order chi connectivity index (χ0) is 17.1. The second-order valence-electron chi connectivity index (χ2n) is 6.33. The molecule has 160 valence electrons. The van der Waals surface area contributed by atoms with Crippen LogP contribution in [0.2, 0.25) is 0 Å². The third-order valence-corrected chi connectivity index (χ3v) is 4.46. The molecule has 1 aliphatic heterocycles. The van der Waals surface area contributed by atoms with Crippen LogP contribution in [-0.4, -0.2) is 46.2 Å². The molecule has 1 saturated heterocycles. The summed E-state index contributed by atoms with van der Waals surface area (Å²) in [5, 5.41) is 19.9. The fraction of sp³-hybridized carbons (Fsp3) is 0.333. The number of halogens is 4. The van der Waals surface area contributed by atoms with Crippen LogP contribution in [0.25, 0.3) is 0 Å². The first-order valence-electron chi connectivity index (χ1n) is 8.11. The molecule has 0 aliphatic carbocycles. The van der Waals surface area contributed by atoms with Gasteiger partial charge in [-0.1, -0.05) is 0 Å². The monoisotopic (exact) mass is 472 g/mol. The highest BCUT2D eigenvalue weighted by molar-refractivity contribution is 5.86. The van der Waals surface area contributed by atoms with Gasteiger partial charge in [0.15, 0.2) is 0 Å². The van der Waals surface area contributed by atoms with Crippen molar-refractivity contribution in [3.8, 4) is 11.5 Å². The van der Waals surface area contributed by atoms with Gasteiger partial charge in [-0.05, 0) is 36.4 Å². The van der Waals surface area contributed by atoms with Crippen molar-refractivity contribution in [2.45, 2.75) is 13.1 Å². The Morgan fingerprint density at radius 2 is 0.964 bits per heavy atom. The Morgan fingerprint density at radius 1 is 0.643 bits per heavy atom. The maximum absolute atomic E-state index is 9.94. The predicted molar refractivity (Wildman–Crippen MR) is 125 cm³/mol. The summed E-state index contributed by atoms with van der Waals surface area (Å²) in [5.41, 5.74) is 14.6. The lowest BCUT2D eigenvalue weighted by Crippen LogP contribution is -2.45. The molecule has 0 aromatic heterocycles. The van der Waals surface area contributed by atoms with E-state index in [-0.39, 0.29) is 61.1 Å². The van der Waals surface area contributed by atoms with E-state index in [1.165, 1.54) is 0 Å². The number of phenolic OH excluding ortho intramolecular Hbond substituents is 2. The van der Waals surface area contributed by atoms with Crippen molar-refractivity contribution in [2.75, 3.05) is 37.6 Å². The summed E-state index contributed by atoms with van der Waals surface area (Å²) in [4.78, 5) is 4.59. The van der Waals surface area contributed by atoms with E-state index in [1.807, 2.05) is 12.1 Å². The van der Waals surface area contributed by atoms with Gasteiger partial charge < -0.3 is 21.7 Å². The van der Waals surface area contributed by atoms with Crippen LogP contribution < -0.4 is 11.5 Å². The van der Waals surface area contributed by atoms with Crippen LogP contribution in [0, 0.1) is 0 Å². The van der Waals surface area contributed by atoms with Crippen molar-refractivity contribution < 1.29 is 10.2 Å². The number of aromatic hydroxyl groups is 2. The molecule has 0 amide bonds. The van der Waals surface area contributed by atoms with Crippen LogP contribution >= 0.6 is 49.6 Å². The van der Waals surface area contributed by atoms with Gasteiger partial charge in [0.1, 0.15) is 11.5 Å². The zero-order valence-electron chi connectivity index (χ0n) is 15.3. The molecule has 0 spiro atoms. The molecule has 6 nitrogen and oxygen atoms in total. The molecule has 2 aromatic carbocycles. The van der Waals surface area contributed by atoms with E-state index >= 15 is 0 Å². The van der Waals surface area contributed by atoms with E-state index in [0.717, 1.165) is 37.3 Å². The minimum atomic E-state index is 0. The number of hydrogen-bond acceptors (Lipinski definition) is 6. The number of benzene rings is 2. The Bertz CT molecular complexity index is 667. The molecule has 0 radical (unpaired) electrons. The van der Waals surface area contributed by atoms with Gasteiger partial charge in [-0.25, -0.2) is 0 Å². The van der Waals surface area contributed by atoms with Gasteiger partial charge in [0.2, 0.25) is 0 Å². The summed E-state index contributed by atoms with van der Waals surface area (Å²) in [5.74, 6) is 0.577. The first-order valence-corrected chi connectivity index (χ1v) is 8.11. The highest BCUT2D eigenvalue weighted by atomic mass is 35.5. The molecule has 2 aromatic rings. The van der Waals surface area contributed by atoms with Gasteiger partial charge in [-0.2, -0.15) is 0 Å².